The number of piperazine rings is 3. The summed E-state index contributed by atoms with van der Waals surface area (Å²) in [5, 5.41) is 9.19. The number of hydrogen-bond donors (Lipinski definition) is 3. The van der Waals surface area contributed by atoms with Gasteiger partial charge in [0.2, 0.25) is 35.3 Å². The highest BCUT2D eigenvalue weighted by Crippen LogP contribution is 2.46. The van der Waals surface area contributed by atoms with Crippen LogP contribution < -0.4 is 53.8 Å². The van der Waals surface area contributed by atoms with E-state index >= 15 is 0 Å². The third-order valence-corrected chi connectivity index (χ3v) is 21.7. The van der Waals surface area contributed by atoms with Crippen LogP contribution in [0.2, 0.25) is 0 Å². The van der Waals surface area contributed by atoms with Gasteiger partial charge >= 0.3 is 36.9 Å². The quantitative estimate of drug-likeness (QED) is 0.0502. The van der Waals surface area contributed by atoms with Crippen molar-refractivity contribution >= 4 is 24.0 Å². The van der Waals surface area contributed by atoms with E-state index in [1.165, 1.54) is 23.1 Å². The number of nitrogens with one attached hydrogen (secondary N) is 3. The molecule has 0 bridgehead atoms. The largest absolute Gasteiger partial charge is 0.493 e. The van der Waals surface area contributed by atoms with Crippen LogP contribution in [-0.2, 0) is 57.0 Å². The summed E-state index contributed by atoms with van der Waals surface area (Å²) < 4.78 is 208. The number of ether oxygens (including phenoxy) is 10. The van der Waals surface area contributed by atoms with Gasteiger partial charge in [-0.2, -0.15) is 52.7 Å². The smallest absolute Gasteiger partial charge is 0.417 e. The van der Waals surface area contributed by atoms with E-state index in [4.69, 9.17) is 47.4 Å². The summed E-state index contributed by atoms with van der Waals surface area (Å²) in [6.07, 6.45) is -11.1. The number of rotatable bonds is 19. The number of carbonyl (C=O) groups is 4. The Morgan fingerprint density at radius 3 is 1.20 bits per heavy atom. The summed E-state index contributed by atoms with van der Waals surface area (Å²) in [5.74, 6) is 4.58. The molecule has 25 nitrogen and oxygen atoms in total. The van der Waals surface area contributed by atoms with Crippen LogP contribution in [0.5, 0.6) is 69.5 Å². The highest BCUT2D eigenvalue weighted by molar-refractivity contribution is 5.84. The molecule has 0 saturated carbocycles. The maximum Gasteiger partial charge on any atom is 0.417 e. The van der Waals surface area contributed by atoms with Crippen molar-refractivity contribution in [3.8, 4) is 69.5 Å². The summed E-state index contributed by atoms with van der Waals surface area (Å²) in [6.45, 7) is 9.14. The van der Waals surface area contributed by atoms with E-state index in [0.717, 1.165) is 146 Å². The molecule has 4 atom stereocenters. The summed E-state index contributed by atoms with van der Waals surface area (Å²) in [4.78, 5) is 72.0. The molecule has 11 heterocycles. The first-order chi connectivity index (χ1) is 61.6. The van der Waals surface area contributed by atoms with Gasteiger partial charge in [0.25, 0.3) is 0 Å². The van der Waals surface area contributed by atoms with Crippen molar-refractivity contribution < 1.29 is 119 Å². The van der Waals surface area contributed by atoms with Crippen LogP contribution in [0.25, 0.3) is 0 Å². The zero-order valence-electron chi connectivity index (χ0n) is 68.5. The lowest BCUT2D eigenvalue weighted by Crippen LogP contribution is -2.53. The Labute approximate surface area is 726 Å². The van der Waals surface area contributed by atoms with Crippen LogP contribution in [0.15, 0.2) is 207 Å². The highest BCUT2D eigenvalue weighted by Gasteiger charge is 2.40. The molecule has 3 N–H and O–H groups in total. The fourth-order valence-corrected chi connectivity index (χ4v) is 15.2. The van der Waals surface area contributed by atoms with Crippen LogP contribution >= 0.6 is 0 Å². The van der Waals surface area contributed by atoms with Gasteiger partial charge in [0.05, 0.1) is 67.3 Å². The number of alkyl halides is 12. The van der Waals surface area contributed by atoms with Gasteiger partial charge in [-0.3, -0.25) is 19.4 Å². The number of amides is 4. The van der Waals surface area contributed by atoms with Crippen molar-refractivity contribution in [2.24, 2.45) is 0 Å². The summed E-state index contributed by atoms with van der Waals surface area (Å²) >= 11 is 0. The monoisotopic (exact) mass is 1790 g/mol. The fourth-order valence-electron chi connectivity index (χ4n) is 15.2. The van der Waals surface area contributed by atoms with Gasteiger partial charge in [-0.05, 0) is 103 Å². The first kappa shape index (κ1) is 91.1. The number of aromatic nitrogens is 4. The standard InChI is InChI=1S/C27H24F3N3O5.C26H25F3N2O4.C19H18F3N3O3.C19H20F3N3O2/c28-27(29,30)19-6-9-24(31-15-19)38-20-7-8-21-22(10-13-36-23(21)14-20)33-12-11-32(16-25(33)34)26(35)37-17-18-4-2-1-3-5-18;27-26(28,29)20-8-11-24(31-16-20)35-21-9-10-22-19(12-14-33-23(22)15-21)7-4-13-30-25(32)34-17-18-5-2-1-3-6-18;20-19(21,22)12-1-4-17(24-10-12)28-13-2-3-14-15(5-8-27-16(14)9-13)25-7-6-23-11-18(25)26;20-19(21,22)13-1-4-18(24-12-13)27-14-2-3-15-16(5-10-26-17(15)11-14)25-8-6-23-7-9-25/h1-9,14-15,22H,10-13,16-17H2;1-3,5-6,8-11,15-16,19H,4,7,12-14,17H2,(H,30,32);1-4,9-10,15,23H,5-8,11H2;1-4,11-12,16,23H,5-10H2. The molecule has 3 fully saturated rings. The number of nitrogens with zero attached hydrogens (tertiary/aromatic N) is 8. The molecule has 0 radical (unpaired) electrons. The summed E-state index contributed by atoms with van der Waals surface area (Å²) in [6, 6.07) is 48.4. The minimum atomic E-state index is -4.48. The second kappa shape index (κ2) is 41.5. The van der Waals surface area contributed by atoms with Crippen LogP contribution in [0.3, 0.4) is 0 Å². The summed E-state index contributed by atoms with van der Waals surface area (Å²) in [7, 11) is 0. The Balaban J connectivity index is 0.000000139. The minimum absolute atomic E-state index is 0.00996. The van der Waals surface area contributed by atoms with E-state index in [2.05, 4.69) is 40.8 Å². The normalized spacial score (nSPS) is 18.0. The van der Waals surface area contributed by atoms with E-state index in [-0.39, 0.29) is 73.1 Å². The molecule has 674 valence electrons. The predicted molar refractivity (Wildman–Crippen MR) is 437 cm³/mol. The minimum Gasteiger partial charge on any atom is -0.493 e. The second-order valence-corrected chi connectivity index (χ2v) is 30.3. The van der Waals surface area contributed by atoms with E-state index in [9.17, 15) is 71.9 Å². The molecular weight excluding hydrogens is 1700 g/mol. The zero-order chi connectivity index (χ0) is 90.0. The number of hydrogen-bond acceptors (Lipinski definition) is 21. The maximum atomic E-state index is 13.0. The SMILES string of the molecule is FC(F)(F)c1ccc(Oc2ccc3c(c2)OCCC3N2CCNCC2)nc1.O=C(NCCCC1CCOc2cc(Oc3ccc(C(F)(F)F)cn3)ccc21)OCc1ccccc1.O=C(OCc1ccccc1)N1CCN(C2CCOc3cc(Oc4ccc(C(F)(F)F)cn4)ccc32)C(=O)C1.O=C1CNCCN1C1CCOc2cc(Oc3ccc(C(F)(F)F)cn3)ccc21. The fraction of sp³-hybridized carbons (Fsp3) is 0.341. The number of pyridine rings is 4. The van der Waals surface area contributed by atoms with E-state index in [0.29, 0.717) is 124 Å². The van der Waals surface area contributed by atoms with Crippen molar-refractivity contribution in [3.63, 3.8) is 0 Å². The molecule has 7 aliphatic heterocycles. The third-order valence-electron chi connectivity index (χ3n) is 21.7. The van der Waals surface area contributed by atoms with Crippen LogP contribution in [-0.4, -0.2) is 162 Å². The second-order valence-electron chi connectivity index (χ2n) is 30.3. The van der Waals surface area contributed by atoms with Crippen LogP contribution in [0, 0.1) is 0 Å². The van der Waals surface area contributed by atoms with Gasteiger partial charge < -0.3 is 73.1 Å². The van der Waals surface area contributed by atoms with Crippen molar-refractivity contribution in [2.75, 3.05) is 98.4 Å². The highest BCUT2D eigenvalue weighted by atomic mass is 19.4. The molecule has 6 aromatic carbocycles. The van der Waals surface area contributed by atoms with E-state index < -0.39 is 59.1 Å². The molecule has 4 unspecified atom stereocenters. The Morgan fingerprint density at radius 1 is 0.414 bits per heavy atom. The van der Waals surface area contributed by atoms with Crippen LogP contribution in [0.4, 0.5) is 62.3 Å². The van der Waals surface area contributed by atoms with Crippen LogP contribution in [0.1, 0.15) is 118 Å². The lowest BCUT2D eigenvalue weighted by atomic mass is 9.89. The van der Waals surface area contributed by atoms with Gasteiger partial charge in [-0.1, -0.05) is 72.8 Å². The first-order valence-corrected chi connectivity index (χ1v) is 41.1. The lowest BCUT2D eigenvalue weighted by Gasteiger charge is -2.40. The number of carbonyl (C=O) groups excluding carboxylic acids is 4. The average molecular weight is 1790 g/mol. The molecule has 0 aliphatic carbocycles. The number of alkyl carbamates (subject to hydrolysis) is 1. The predicted octanol–water partition coefficient (Wildman–Crippen LogP) is 18.4. The molecule has 10 aromatic rings. The zero-order valence-corrected chi connectivity index (χ0v) is 68.5. The Morgan fingerprint density at radius 2 is 0.797 bits per heavy atom. The number of halogens is 12. The summed E-state index contributed by atoms with van der Waals surface area (Å²) in [5.41, 5.74) is 2.30. The molecule has 128 heavy (non-hydrogen) atoms. The van der Waals surface area contributed by atoms with Crippen molar-refractivity contribution in [1.82, 2.24) is 55.5 Å². The van der Waals surface area contributed by atoms with Gasteiger partial charge in [-0.15, -0.1) is 0 Å². The van der Waals surface area contributed by atoms with Gasteiger partial charge in [0.1, 0.15) is 65.8 Å². The molecule has 0 spiro atoms. The number of benzene rings is 6. The van der Waals surface area contributed by atoms with Gasteiger partial charge in [-0.25, -0.2) is 29.5 Å². The maximum absolute atomic E-state index is 13.0. The third kappa shape index (κ3) is 24.5. The van der Waals surface area contributed by atoms with E-state index in [1.54, 1.807) is 53.4 Å². The van der Waals surface area contributed by atoms with Gasteiger partial charge in [0, 0.05) is 174 Å². The molecule has 3 saturated heterocycles. The van der Waals surface area contributed by atoms with E-state index in [1.807, 2.05) is 89.8 Å². The Bertz CT molecular complexity index is 5400. The topological polar surface area (TPSA) is 261 Å². The van der Waals surface area contributed by atoms with Gasteiger partial charge in [0.15, 0.2) is 0 Å². The molecule has 17 rings (SSSR count). The van der Waals surface area contributed by atoms with Crippen molar-refractivity contribution in [3.05, 3.63) is 262 Å². The lowest BCUT2D eigenvalue weighted by molar-refractivity contribution is -0.139. The molecule has 4 aromatic heterocycles. The molecular formula is C91H87F12N11O14. The molecule has 37 heteroatoms. The van der Waals surface area contributed by atoms with Crippen molar-refractivity contribution in [1.29, 1.82) is 0 Å². The van der Waals surface area contributed by atoms with Crippen molar-refractivity contribution in [2.45, 2.75) is 100 Å². The Hall–Kier alpha value is -13.2. The molecule has 7 aliphatic rings. The first-order valence-electron chi connectivity index (χ1n) is 41.1. The average Bonchev–Trinajstić information content (AvgIpc) is 0.778. The number of fused-ring (bicyclic) bond motifs is 4. The Kier molecular flexibility index (Phi) is 29.5. The molecule has 4 amide bonds.